The molecule has 24 heteroatoms. The van der Waals surface area contributed by atoms with Crippen LogP contribution in [0.25, 0.3) is 0 Å². The van der Waals surface area contributed by atoms with Gasteiger partial charge in [0.05, 0.1) is 37.2 Å². The molecule has 8 atom stereocenters. The molecule has 4 aromatic rings. The van der Waals surface area contributed by atoms with Crippen molar-refractivity contribution < 1.29 is 67.4 Å². The molecule has 490 valence electrons. The molecule has 0 fully saturated rings. The van der Waals surface area contributed by atoms with E-state index in [9.17, 15) is 49.9 Å². The molecule has 0 radical (unpaired) electrons. The standard InChI is InChI=1S/C66H90N8O16/c1-11-13-15-17-33-65(45-67,53-27-21-29-55(41-53)83-9)35-23-37-71(7)49(5)51-25-19-31-57(39-51)85-63(59(75)69-43-47(3)89-73(79)80)87-61(77)62(78)88-64(60(76)70-44-48(4)90-74(81)82)86-58-32-20-26-52(40-58)50(6)72(8)38-24-36-66(46-68,34-18-16-14-12-2)54-28-22-30-56(42-54)84-10/h19-22,25-32,39-42,47-50,63-64H,11-18,23-24,33-38,43-44H2,1-10H3,(H,69,75)(H,70,76). The number of benzene rings is 4. The number of ether oxygens (including phenoxy) is 6. The molecule has 4 aromatic carbocycles. The largest absolute Gasteiger partial charge is 0.497 e. The van der Waals surface area contributed by atoms with Crippen molar-refractivity contribution in [3.63, 3.8) is 0 Å². The van der Waals surface area contributed by atoms with E-state index in [-0.39, 0.29) is 23.6 Å². The Hall–Kier alpha value is -8.74. The van der Waals surface area contributed by atoms with Gasteiger partial charge in [0, 0.05) is 25.2 Å². The van der Waals surface area contributed by atoms with Crippen LogP contribution in [0, 0.1) is 42.9 Å². The fourth-order valence-electron chi connectivity index (χ4n) is 10.4. The number of nitriles is 2. The number of rotatable bonds is 42. The fraction of sp³-hybridized carbons (Fsp3) is 0.545. The highest BCUT2D eigenvalue weighted by atomic mass is 17.0. The number of nitrogens with one attached hydrogen (secondary N) is 2. The number of carbonyl (C=O) groups excluding carboxylic acids is 4. The predicted molar refractivity (Wildman–Crippen MR) is 334 cm³/mol. The highest BCUT2D eigenvalue weighted by Gasteiger charge is 2.37. The van der Waals surface area contributed by atoms with Crippen LogP contribution in [-0.4, -0.2) is 123 Å². The van der Waals surface area contributed by atoms with Crippen molar-refractivity contribution >= 4 is 23.8 Å². The summed E-state index contributed by atoms with van der Waals surface area (Å²) in [6, 6.07) is 33.1. The molecular weight excluding hydrogens is 1160 g/mol. The second-order valence-electron chi connectivity index (χ2n) is 22.6. The Morgan fingerprint density at radius 3 is 1.23 bits per heavy atom. The van der Waals surface area contributed by atoms with Crippen LogP contribution in [-0.2, 0) is 49.2 Å². The summed E-state index contributed by atoms with van der Waals surface area (Å²) < 4.78 is 33.6. The van der Waals surface area contributed by atoms with E-state index in [0.29, 0.717) is 74.2 Å². The van der Waals surface area contributed by atoms with Gasteiger partial charge in [0.25, 0.3) is 10.2 Å². The van der Waals surface area contributed by atoms with Gasteiger partial charge in [-0.25, -0.2) is 9.59 Å². The first kappa shape index (κ1) is 73.7. The smallest absolute Gasteiger partial charge is 0.421 e. The normalized spacial score (nSPS) is 14.5. The minimum atomic E-state index is -2.24. The number of carbonyl (C=O) groups is 4. The third-order valence-corrected chi connectivity index (χ3v) is 16.0. The number of esters is 2. The van der Waals surface area contributed by atoms with E-state index in [1.54, 1.807) is 38.5 Å². The molecule has 0 aliphatic carbocycles. The zero-order chi connectivity index (χ0) is 66.2. The van der Waals surface area contributed by atoms with Crippen LogP contribution in [0.3, 0.4) is 0 Å². The van der Waals surface area contributed by atoms with Crippen LogP contribution < -0.4 is 29.6 Å². The molecule has 90 heavy (non-hydrogen) atoms. The average molecular weight is 1250 g/mol. The van der Waals surface area contributed by atoms with Crippen LogP contribution >= 0.6 is 0 Å². The lowest BCUT2D eigenvalue weighted by Gasteiger charge is -2.30. The average Bonchev–Trinajstić information content (AvgIpc) is 1.23. The first-order valence-corrected chi connectivity index (χ1v) is 30.7. The summed E-state index contributed by atoms with van der Waals surface area (Å²) in [5.74, 6) is -4.63. The molecule has 0 aromatic heterocycles. The molecular formula is C66H90N8O16. The molecule has 4 rings (SSSR count). The van der Waals surface area contributed by atoms with Crippen LogP contribution in [0.1, 0.15) is 166 Å². The molecule has 24 nitrogen and oxygen atoms in total. The van der Waals surface area contributed by atoms with Crippen LogP contribution in [0.15, 0.2) is 97.1 Å². The van der Waals surface area contributed by atoms with Gasteiger partial charge in [0.1, 0.15) is 35.2 Å². The molecule has 0 heterocycles. The van der Waals surface area contributed by atoms with Crippen LogP contribution in [0.4, 0.5) is 0 Å². The van der Waals surface area contributed by atoms with Crippen molar-refractivity contribution in [3.05, 3.63) is 140 Å². The van der Waals surface area contributed by atoms with E-state index in [1.807, 2.05) is 88.6 Å². The number of methoxy groups -OCH3 is 2. The maximum Gasteiger partial charge on any atom is 0.421 e. The molecule has 2 amide bonds. The summed E-state index contributed by atoms with van der Waals surface area (Å²) in [4.78, 5) is 90.4. The van der Waals surface area contributed by atoms with Gasteiger partial charge in [0.15, 0.2) is 0 Å². The van der Waals surface area contributed by atoms with E-state index in [0.717, 1.165) is 62.5 Å². The van der Waals surface area contributed by atoms with Gasteiger partial charge < -0.3 is 48.7 Å². The van der Waals surface area contributed by atoms with Gasteiger partial charge in [-0.3, -0.25) is 19.4 Å². The predicted octanol–water partition coefficient (Wildman–Crippen LogP) is 10.7. The van der Waals surface area contributed by atoms with Gasteiger partial charge in [-0.2, -0.15) is 10.5 Å². The van der Waals surface area contributed by atoms with Crippen molar-refractivity contribution in [2.75, 3.05) is 54.5 Å². The Morgan fingerprint density at radius 1 is 0.533 bits per heavy atom. The van der Waals surface area contributed by atoms with Gasteiger partial charge >= 0.3 is 36.3 Å². The molecule has 0 bridgehead atoms. The summed E-state index contributed by atoms with van der Waals surface area (Å²) in [5, 5.41) is 46.2. The number of hydrogen-bond donors (Lipinski definition) is 2. The van der Waals surface area contributed by atoms with Gasteiger partial charge in [-0.15, -0.1) is 20.2 Å². The highest BCUT2D eigenvalue weighted by molar-refractivity contribution is 6.30. The Bertz CT molecular complexity index is 2830. The molecule has 0 spiro atoms. The summed E-state index contributed by atoms with van der Waals surface area (Å²) in [5.41, 5.74) is 1.73. The highest BCUT2D eigenvalue weighted by Crippen LogP contribution is 2.39. The van der Waals surface area contributed by atoms with Crippen molar-refractivity contribution in [2.45, 2.75) is 179 Å². The number of amides is 2. The van der Waals surface area contributed by atoms with E-state index >= 15 is 0 Å². The van der Waals surface area contributed by atoms with Gasteiger partial charge in [0.2, 0.25) is 0 Å². The molecule has 2 N–H and O–H groups in total. The van der Waals surface area contributed by atoms with Crippen molar-refractivity contribution in [1.82, 2.24) is 20.4 Å². The maximum atomic E-state index is 13.8. The van der Waals surface area contributed by atoms with Crippen LogP contribution in [0.5, 0.6) is 23.0 Å². The molecule has 0 saturated heterocycles. The SMILES string of the molecule is CCCCCCC(C#N)(CCCN(C)C(C)c1cccc(OC(OC(=O)C(=O)OC(Oc2cccc(C(C)N(C)CCCC(C#N)(CCCCCC)c3cccc(OC)c3)c2)C(=O)NCC(C)O[N+](=O)[O-])C(=O)NCC(C)O[N+](=O)[O-])c1)c1cccc(OC)c1. The van der Waals surface area contributed by atoms with Crippen molar-refractivity contribution in [1.29, 1.82) is 10.5 Å². The zero-order valence-electron chi connectivity index (χ0n) is 53.6. The molecule has 8 unspecified atom stereocenters. The molecule has 0 saturated carbocycles. The maximum absolute atomic E-state index is 13.8. The van der Waals surface area contributed by atoms with E-state index in [1.165, 1.54) is 26.0 Å². The van der Waals surface area contributed by atoms with Gasteiger partial charge in [-0.05, 0) is 164 Å². The first-order valence-electron chi connectivity index (χ1n) is 30.7. The fourth-order valence-corrected chi connectivity index (χ4v) is 10.4. The van der Waals surface area contributed by atoms with E-state index in [4.69, 9.17) is 28.4 Å². The summed E-state index contributed by atoms with van der Waals surface area (Å²) in [6.45, 7) is 11.0. The lowest BCUT2D eigenvalue weighted by molar-refractivity contribution is -0.767. The summed E-state index contributed by atoms with van der Waals surface area (Å²) in [7, 11) is 7.05. The number of unbranched alkanes of at least 4 members (excludes halogenated alkanes) is 6. The Morgan fingerprint density at radius 2 is 0.889 bits per heavy atom. The second kappa shape index (κ2) is 38.0. The monoisotopic (exact) mass is 1250 g/mol. The third kappa shape index (κ3) is 23.7. The van der Waals surface area contributed by atoms with E-state index < -0.39 is 82.6 Å². The summed E-state index contributed by atoms with van der Waals surface area (Å²) in [6.07, 6.45) is 5.11. The van der Waals surface area contributed by atoms with E-state index in [2.05, 4.69) is 56.1 Å². The lowest BCUT2D eigenvalue weighted by Crippen LogP contribution is -2.47. The summed E-state index contributed by atoms with van der Waals surface area (Å²) >= 11 is 0. The Kier molecular flexibility index (Phi) is 31.1. The van der Waals surface area contributed by atoms with Crippen molar-refractivity contribution in [3.8, 4) is 35.1 Å². The second-order valence-corrected chi connectivity index (χ2v) is 22.6. The first-order chi connectivity index (χ1) is 43.1. The minimum Gasteiger partial charge on any atom is -0.497 e. The number of nitrogens with zero attached hydrogens (tertiary/aromatic N) is 6. The Balaban J connectivity index is 1.54. The third-order valence-electron chi connectivity index (χ3n) is 16.0. The van der Waals surface area contributed by atoms with Gasteiger partial charge in [-0.1, -0.05) is 114 Å². The quantitative estimate of drug-likeness (QED) is 0.0104. The van der Waals surface area contributed by atoms with Crippen LogP contribution in [0.2, 0.25) is 0 Å². The Labute approximate surface area is 528 Å². The molecule has 0 aliphatic heterocycles. The lowest BCUT2D eigenvalue weighted by atomic mass is 9.74. The topological polar surface area (TPSA) is 307 Å². The molecule has 0 aliphatic rings. The zero-order valence-corrected chi connectivity index (χ0v) is 53.6. The van der Waals surface area contributed by atoms with Crippen molar-refractivity contribution in [2.24, 2.45) is 0 Å². The number of hydrogen-bond acceptors (Lipinski definition) is 20. The minimum absolute atomic E-state index is 0.00461.